The third-order valence-corrected chi connectivity index (χ3v) is 2.85. The number of aromatic nitrogens is 2. The highest BCUT2D eigenvalue weighted by molar-refractivity contribution is 7.15. The van der Waals surface area contributed by atoms with Gasteiger partial charge in [-0.2, -0.15) is 0 Å². The number of hydrogen-bond donors (Lipinski definition) is 0. The highest BCUT2D eigenvalue weighted by Gasteiger charge is 2.00. The molecular weight excluding hydrogens is 220 g/mol. The number of nitrogens with zero attached hydrogens (tertiary/aromatic N) is 2. The first-order chi connectivity index (χ1) is 6.75. The maximum Gasteiger partial charge on any atom is 0.250 e. The molecule has 0 fully saturated rings. The van der Waals surface area contributed by atoms with Gasteiger partial charge in [0.05, 0.1) is 6.54 Å². The topological polar surface area (TPSA) is 34.9 Å². The lowest BCUT2D eigenvalue weighted by molar-refractivity contribution is 0.768. The predicted octanol–water partition coefficient (Wildman–Crippen LogP) is 2.01. The Bertz CT molecular complexity index is 491. The lowest BCUT2D eigenvalue weighted by Crippen LogP contribution is -2.17. The Labute approximate surface area is 89.6 Å². The number of rotatable bonds is 2. The van der Waals surface area contributed by atoms with Gasteiger partial charge in [-0.1, -0.05) is 17.7 Å². The second-order valence-electron chi connectivity index (χ2n) is 2.75. The third kappa shape index (κ3) is 2.02. The Morgan fingerprint density at radius 3 is 3.00 bits per heavy atom. The Kier molecular flexibility index (Phi) is 2.65. The molecule has 72 valence electrons. The predicted molar refractivity (Wildman–Crippen MR) is 56.9 cm³/mol. The van der Waals surface area contributed by atoms with E-state index in [4.69, 9.17) is 11.6 Å². The van der Waals surface area contributed by atoms with E-state index in [9.17, 15) is 4.79 Å². The molecule has 0 aliphatic rings. The summed E-state index contributed by atoms with van der Waals surface area (Å²) >= 11 is 7.07. The number of halogens is 1. The van der Waals surface area contributed by atoms with E-state index < -0.39 is 0 Å². The molecule has 2 aromatic heterocycles. The van der Waals surface area contributed by atoms with Crippen molar-refractivity contribution in [2.75, 3.05) is 0 Å². The van der Waals surface area contributed by atoms with Gasteiger partial charge in [0.2, 0.25) is 0 Å². The van der Waals surface area contributed by atoms with Crippen molar-refractivity contribution in [3.63, 3.8) is 0 Å². The maximum atomic E-state index is 11.3. The molecule has 2 heterocycles. The van der Waals surface area contributed by atoms with Crippen molar-refractivity contribution < 1.29 is 0 Å². The smallest absolute Gasteiger partial charge is 0.250 e. The standard InChI is InChI=1S/C9H7ClN2OS/c10-9-11-5-7(14-9)6-12-4-2-1-3-8(12)13/h1-5H,6H2. The molecule has 0 amide bonds. The fraction of sp³-hybridized carbons (Fsp3) is 0.111. The van der Waals surface area contributed by atoms with E-state index in [0.717, 1.165) is 4.88 Å². The van der Waals surface area contributed by atoms with Crippen LogP contribution in [0, 0.1) is 0 Å². The van der Waals surface area contributed by atoms with Crippen molar-refractivity contribution in [1.82, 2.24) is 9.55 Å². The van der Waals surface area contributed by atoms with E-state index in [0.29, 0.717) is 11.0 Å². The molecule has 0 atom stereocenters. The molecule has 0 N–H and O–H groups in total. The van der Waals surface area contributed by atoms with Crippen molar-refractivity contribution in [3.8, 4) is 0 Å². The molecule has 0 spiro atoms. The van der Waals surface area contributed by atoms with Crippen molar-refractivity contribution in [1.29, 1.82) is 0 Å². The van der Waals surface area contributed by atoms with Crippen LogP contribution in [0.1, 0.15) is 4.88 Å². The van der Waals surface area contributed by atoms with Gasteiger partial charge < -0.3 is 4.57 Å². The van der Waals surface area contributed by atoms with Gasteiger partial charge in [-0.05, 0) is 6.07 Å². The molecule has 0 saturated heterocycles. The Morgan fingerprint density at radius 1 is 1.50 bits per heavy atom. The van der Waals surface area contributed by atoms with E-state index in [-0.39, 0.29) is 5.56 Å². The minimum absolute atomic E-state index is 0.0166. The van der Waals surface area contributed by atoms with Crippen LogP contribution < -0.4 is 5.56 Å². The number of thiazole rings is 1. The lowest BCUT2D eigenvalue weighted by atomic mass is 10.4. The third-order valence-electron chi connectivity index (χ3n) is 1.75. The van der Waals surface area contributed by atoms with Crippen molar-refractivity contribution in [3.05, 3.63) is 50.3 Å². The lowest BCUT2D eigenvalue weighted by Gasteiger charge is -2.00. The van der Waals surface area contributed by atoms with Crippen LogP contribution >= 0.6 is 22.9 Å². The molecule has 0 unspecified atom stereocenters. The van der Waals surface area contributed by atoms with Gasteiger partial charge in [-0.3, -0.25) is 4.79 Å². The summed E-state index contributed by atoms with van der Waals surface area (Å²) in [5.41, 5.74) is -0.0166. The highest BCUT2D eigenvalue weighted by Crippen LogP contribution is 2.17. The Balaban J connectivity index is 2.27. The van der Waals surface area contributed by atoms with E-state index in [1.54, 1.807) is 23.0 Å². The molecule has 0 bridgehead atoms. The summed E-state index contributed by atoms with van der Waals surface area (Å²) in [4.78, 5) is 16.2. The zero-order chi connectivity index (χ0) is 9.97. The van der Waals surface area contributed by atoms with Gasteiger partial charge in [0.15, 0.2) is 4.47 Å². The zero-order valence-corrected chi connectivity index (χ0v) is 8.76. The van der Waals surface area contributed by atoms with E-state index in [2.05, 4.69) is 4.98 Å². The summed E-state index contributed by atoms with van der Waals surface area (Å²) < 4.78 is 2.12. The average Bonchev–Trinajstić information content (AvgIpc) is 2.56. The normalized spacial score (nSPS) is 10.4. The molecule has 0 aliphatic carbocycles. The largest absolute Gasteiger partial charge is 0.310 e. The highest BCUT2D eigenvalue weighted by atomic mass is 35.5. The first-order valence-electron chi connectivity index (χ1n) is 4.01. The minimum Gasteiger partial charge on any atom is -0.310 e. The molecule has 0 radical (unpaired) electrons. The van der Waals surface area contributed by atoms with Crippen molar-refractivity contribution in [2.24, 2.45) is 0 Å². The quantitative estimate of drug-likeness (QED) is 0.785. The summed E-state index contributed by atoms with van der Waals surface area (Å²) in [6.07, 6.45) is 3.43. The van der Waals surface area contributed by atoms with Crippen LogP contribution in [0.5, 0.6) is 0 Å². The van der Waals surface area contributed by atoms with Crippen LogP contribution in [-0.2, 0) is 6.54 Å². The SMILES string of the molecule is O=c1ccccn1Cc1cnc(Cl)s1. The molecule has 0 aromatic carbocycles. The maximum absolute atomic E-state index is 11.3. The minimum atomic E-state index is -0.0166. The summed E-state index contributed by atoms with van der Waals surface area (Å²) in [6.45, 7) is 0.532. The summed E-state index contributed by atoms with van der Waals surface area (Å²) in [5, 5.41) is 0. The molecule has 2 aromatic rings. The molecule has 3 nitrogen and oxygen atoms in total. The molecule has 0 aliphatic heterocycles. The monoisotopic (exact) mass is 226 g/mol. The first kappa shape index (κ1) is 9.43. The van der Waals surface area contributed by atoms with Crippen LogP contribution in [0.25, 0.3) is 0 Å². The van der Waals surface area contributed by atoms with Gasteiger partial charge in [0, 0.05) is 23.3 Å². The zero-order valence-electron chi connectivity index (χ0n) is 7.18. The molecule has 2 rings (SSSR count). The van der Waals surface area contributed by atoms with Gasteiger partial charge in [-0.15, -0.1) is 11.3 Å². The van der Waals surface area contributed by atoms with Crippen molar-refractivity contribution in [2.45, 2.75) is 6.54 Å². The average molecular weight is 227 g/mol. The second-order valence-corrected chi connectivity index (χ2v) is 4.44. The summed E-state index contributed by atoms with van der Waals surface area (Å²) in [7, 11) is 0. The second kappa shape index (κ2) is 3.94. The van der Waals surface area contributed by atoms with E-state index in [1.165, 1.54) is 17.4 Å². The van der Waals surface area contributed by atoms with Gasteiger partial charge in [0.25, 0.3) is 5.56 Å². The van der Waals surface area contributed by atoms with Crippen LogP contribution in [0.4, 0.5) is 0 Å². The van der Waals surface area contributed by atoms with Crippen molar-refractivity contribution >= 4 is 22.9 Å². The number of pyridine rings is 1. The Morgan fingerprint density at radius 2 is 2.36 bits per heavy atom. The fourth-order valence-electron chi connectivity index (χ4n) is 1.12. The van der Waals surface area contributed by atoms with Crippen LogP contribution in [0.15, 0.2) is 35.4 Å². The summed E-state index contributed by atoms with van der Waals surface area (Å²) in [6, 6.07) is 5.07. The Hall–Kier alpha value is -1.13. The van der Waals surface area contributed by atoms with Crippen LogP contribution in [0.3, 0.4) is 0 Å². The van der Waals surface area contributed by atoms with Gasteiger partial charge in [-0.25, -0.2) is 4.98 Å². The van der Waals surface area contributed by atoms with E-state index >= 15 is 0 Å². The van der Waals surface area contributed by atoms with Crippen LogP contribution in [-0.4, -0.2) is 9.55 Å². The molecular formula is C9H7ClN2OS. The molecule has 14 heavy (non-hydrogen) atoms. The number of hydrogen-bond acceptors (Lipinski definition) is 3. The summed E-state index contributed by atoms with van der Waals surface area (Å²) in [5.74, 6) is 0. The van der Waals surface area contributed by atoms with Gasteiger partial charge >= 0.3 is 0 Å². The molecule has 5 heteroatoms. The van der Waals surface area contributed by atoms with Gasteiger partial charge in [0.1, 0.15) is 0 Å². The first-order valence-corrected chi connectivity index (χ1v) is 5.21. The molecule has 0 saturated carbocycles. The van der Waals surface area contributed by atoms with Crippen LogP contribution in [0.2, 0.25) is 4.47 Å². The van der Waals surface area contributed by atoms with E-state index in [1.807, 2.05) is 6.07 Å². The fourth-order valence-corrected chi connectivity index (χ4v) is 2.09.